The van der Waals surface area contributed by atoms with Gasteiger partial charge in [-0.15, -0.1) is 12.3 Å². The summed E-state index contributed by atoms with van der Waals surface area (Å²) in [6, 6.07) is 8.67. The van der Waals surface area contributed by atoms with Gasteiger partial charge >= 0.3 is 0 Å². The standard InChI is InChI=1S/C21H21N5O2/c1-3-4-10-21(25-26-21)11-7-19(27)23-17-6-5-15(2)18(14-17)24-20(28)16-8-12-22-13-9-16/h1,5-6,8-9,12-14H,4,7,10-11H2,2H3,(H,23,27)(H,24,28). The van der Waals surface area contributed by atoms with Crippen molar-refractivity contribution < 1.29 is 9.59 Å². The first-order chi connectivity index (χ1) is 13.5. The average Bonchev–Trinajstić information content (AvgIpc) is 3.48. The van der Waals surface area contributed by atoms with E-state index in [9.17, 15) is 9.59 Å². The van der Waals surface area contributed by atoms with Gasteiger partial charge in [0, 0.05) is 55.0 Å². The quantitative estimate of drug-likeness (QED) is 0.684. The lowest BCUT2D eigenvalue weighted by Crippen LogP contribution is -2.18. The van der Waals surface area contributed by atoms with Gasteiger partial charge in [0.05, 0.1) is 0 Å². The van der Waals surface area contributed by atoms with E-state index in [0.717, 1.165) is 5.56 Å². The van der Waals surface area contributed by atoms with Gasteiger partial charge in [0.25, 0.3) is 5.91 Å². The second kappa shape index (κ2) is 8.44. The van der Waals surface area contributed by atoms with Crippen molar-refractivity contribution in [3.63, 3.8) is 0 Å². The molecule has 0 fully saturated rings. The van der Waals surface area contributed by atoms with E-state index in [4.69, 9.17) is 6.42 Å². The van der Waals surface area contributed by atoms with Crippen molar-refractivity contribution in [3.8, 4) is 12.3 Å². The van der Waals surface area contributed by atoms with Crippen molar-refractivity contribution in [1.82, 2.24) is 4.98 Å². The Morgan fingerprint density at radius 3 is 2.54 bits per heavy atom. The Balaban J connectivity index is 1.58. The lowest BCUT2D eigenvalue weighted by Gasteiger charge is -2.12. The number of rotatable bonds is 8. The maximum Gasteiger partial charge on any atom is 0.255 e. The van der Waals surface area contributed by atoms with E-state index in [0.29, 0.717) is 42.6 Å². The van der Waals surface area contributed by atoms with Crippen LogP contribution in [0.1, 0.15) is 41.6 Å². The number of hydrogen-bond donors (Lipinski definition) is 2. The molecule has 0 spiro atoms. The number of hydrogen-bond acceptors (Lipinski definition) is 5. The number of nitrogens with one attached hydrogen (secondary N) is 2. The summed E-state index contributed by atoms with van der Waals surface area (Å²) in [5.74, 6) is 2.20. The summed E-state index contributed by atoms with van der Waals surface area (Å²) < 4.78 is 0. The van der Waals surface area contributed by atoms with Gasteiger partial charge in [-0.3, -0.25) is 14.6 Å². The average molecular weight is 375 g/mol. The van der Waals surface area contributed by atoms with Crippen LogP contribution in [0.2, 0.25) is 0 Å². The molecule has 28 heavy (non-hydrogen) atoms. The van der Waals surface area contributed by atoms with Crippen molar-refractivity contribution in [2.45, 2.75) is 38.3 Å². The highest BCUT2D eigenvalue weighted by Gasteiger charge is 2.39. The van der Waals surface area contributed by atoms with E-state index >= 15 is 0 Å². The summed E-state index contributed by atoms with van der Waals surface area (Å²) in [6.45, 7) is 1.89. The number of terminal acetylenes is 1. The van der Waals surface area contributed by atoms with Crippen molar-refractivity contribution in [3.05, 3.63) is 53.9 Å². The van der Waals surface area contributed by atoms with Gasteiger partial charge in [-0.25, -0.2) is 0 Å². The van der Waals surface area contributed by atoms with Gasteiger partial charge in [0.2, 0.25) is 5.91 Å². The molecule has 1 aliphatic rings. The van der Waals surface area contributed by atoms with Crippen molar-refractivity contribution in [2.24, 2.45) is 10.2 Å². The molecule has 7 nitrogen and oxygen atoms in total. The first-order valence-electron chi connectivity index (χ1n) is 9.01. The molecule has 142 valence electrons. The minimum absolute atomic E-state index is 0.132. The summed E-state index contributed by atoms with van der Waals surface area (Å²) in [5, 5.41) is 13.8. The number of nitrogens with zero attached hydrogens (tertiary/aromatic N) is 3. The summed E-state index contributed by atoms with van der Waals surface area (Å²) in [5.41, 5.74) is 2.18. The molecular weight excluding hydrogens is 354 g/mol. The van der Waals surface area contributed by atoms with Gasteiger partial charge in [-0.2, -0.15) is 10.2 Å². The number of pyridine rings is 1. The van der Waals surface area contributed by atoms with Crippen LogP contribution in [0.3, 0.4) is 0 Å². The largest absolute Gasteiger partial charge is 0.326 e. The zero-order valence-corrected chi connectivity index (χ0v) is 15.6. The van der Waals surface area contributed by atoms with E-state index in [1.54, 1.807) is 36.7 Å². The zero-order chi connectivity index (χ0) is 20.0. The predicted molar refractivity (Wildman–Crippen MR) is 107 cm³/mol. The van der Waals surface area contributed by atoms with Crippen LogP contribution in [0.25, 0.3) is 0 Å². The minimum Gasteiger partial charge on any atom is -0.326 e. The molecule has 1 aromatic heterocycles. The molecular formula is C21H21N5O2. The van der Waals surface area contributed by atoms with E-state index in [2.05, 4.69) is 31.8 Å². The molecule has 2 aromatic rings. The first-order valence-corrected chi connectivity index (χ1v) is 9.01. The van der Waals surface area contributed by atoms with E-state index < -0.39 is 5.66 Å². The second-order valence-corrected chi connectivity index (χ2v) is 6.65. The molecule has 1 aliphatic heterocycles. The minimum atomic E-state index is -0.472. The fourth-order valence-electron chi connectivity index (χ4n) is 2.74. The summed E-state index contributed by atoms with van der Waals surface area (Å²) in [4.78, 5) is 28.5. The molecule has 1 aromatic carbocycles. The normalized spacial score (nSPS) is 13.4. The van der Waals surface area contributed by atoms with Crippen LogP contribution in [0.15, 0.2) is 53.0 Å². The van der Waals surface area contributed by atoms with E-state index in [1.807, 2.05) is 13.0 Å². The van der Waals surface area contributed by atoms with Crippen LogP contribution in [0.5, 0.6) is 0 Å². The van der Waals surface area contributed by atoms with Crippen LogP contribution in [0, 0.1) is 19.3 Å². The molecule has 2 N–H and O–H groups in total. The third-order valence-corrected chi connectivity index (χ3v) is 4.52. The fourth-order valence-corrected chi connectivity index (χ4v) is 2.74. The molecule has 3 rings (SSSR count). The molecule has 0 aliphatic carbocycles. The highest BCUT2D eigenvalue weighted by molar-refractivity contribution is 6.05. The Kier molecular flexibility index (Phi) is 5.80. The zero-order valence-electron chi connectivity index (χ0n) is 15.6. The highest BCUT2D eigenvalue weighted by atomic mass is 16.2. The third kappa shape index (κ3) is 5.01. The Labute approximate surface area is 163 Å². The van der Waals surface area contributed by atoms with Gasteiger partial charge < -0.3 is 10.6 Å². The van der Waals surface area contributed by atoms with Crippen molar-refractivity contribution in [1.29, 1.82) is 0 Å². The van der Waals surface area contributed by atoms with Crippen LogP contribution in [0.4, 0.5) is 11.4 Å². The van der Waals surface area contributed by atoms with E-state index in [-0.39, 0.29) is 11.8 Å². The lowest BCUT2D eigenvalue weighted by molar-refractivity contribution is -0.116. The SMILES string of the molecule is C#CCCC1(CCC(=O)Nc2ccc(C)c(NC(=O)c3ccncc3)c2)N=N1. The van der Waals surface area contributed by atoms with Crippen molar-refractivity contribution in [2.75, 3.05) is 10.6 Å². The second-order valence-electron chi connectivity index (χ2n) is 6.65. The maximum absolute atomic E-state index is 12.3. The Hall–Kier alpha value is -3.53. The third-order valence-electron chi connectivity index (χ3n) is 4.52. The molecule has 2 heterocycles. The maximum atomic E-state index is 12.3. The molecule has 7 heteroatoms. The van der Waals surface area contributed by atoms with Crippen molar-refractivity contribution >= 4 is 23.2 Å². The monoisotopic (exact) mass is 375 g/mol. The molecule has 2 amide bonds. The highest BCUT2D eigenvalue weighted by Crippen LogP contribution is 2.37. The van der Waals surface area contributed by atoms with Gasteiger partial charge in [-0.05, 0) is 36.8 Å². The summed E-state index contributed by atoms with van der Waals surface area (Å²) in [7, 11) is 0. The smallest absolute Gasteiger partial charge is 0.255 e. The number of amides is 2. The predicted octanol–water partition coefficient (Wildman–Crippen LogP) is 3.94. The fraction of sp³-hybridized carbons (Fsp3) is 0.286. The Morgan fingerprint density at radius 1 is 1.11 bits per heavy atom. The molecule has 0 unspecified atom stereocenters. The van der Waals surface area contributed by atoms with Crippen LogP contribution in [-0.4, -0.2) is 22.5 Å². The number of carbonyl (C=O) groups excluding carboxylic acids is 2. The Bertz CT molecular complexity index is 941. The molecule has 0 saturated carbocycles. The molecule has 0 saturated heterocycles. The molecule has 0 atom stereocenters. The van der Waals surface area contributed by atoms with Gasteiger partial charge in [-0.1, -0.05) is 6.07 Å². The Morgan fingerprint density at radius 2 is 1.86 bits per heavy atom. The first kappa shape index (κ1) is 19.2. The number of carbonyl (C=O) groups is 2. The number of aromatic nitrogens is 1. The van der Waals surface area contributed by atoms with Crippen LogP contribution < -0.4 is 10.6 Å². The lowest BCUT2D eigenvalue weighted by atomic mass is 10.0. The number of anilines is 2. The summed E-state index contributed by atoms with van der Waals surface area (Å²) >= 11 is 0. The molecule has 0 bridgehead atoms. The number of aryl methyl sites for hydroxylation is 1. The molecule has 0 radical (unpaired) electrons. The number of benzene rings is 1. The van der Waals surface area contributed by atoms with Gasteiger partial charge in [0.1, 0.15) is 0 Å². The van der Waals surface area contributed by atoms with Gasteiger partial charge in [0.15, 0.2) is 5.66 Å². The van der Waals surface area contributed by atoms with Crippen LogP contribution in [-0.2, 0) is 4.79 Å². The topological polar surface area (TPSA) is 95.8 Å². The summed E-state index contributed by atoms with van der Waals surface area (Å²) in [6.07, 6.45) is 10.5. The van der Waals surface area contributed by atoms with E-state index in [1.165, 1.54) is 0 Å². The van der Waals surface area contributed by atoms with Crippen LogP contribution >= 0.6 is 0 Å².